The Morgan fingerprint density at radius 2 is 1.47 bits per heavy atom. The fraction of sp³-hybridized carbons (Fsp3) is 0.938. The molecule has 0 unspecified atom stereocenters. The van der Waals surface area contributed by atoms with Crippen LogP contribution in [0.5, 0.6) is 0 Å². The molecule has 0 spiro atoms. The predicted molar refractivity (Wildman–Crippen MR) is 79.0 cm³/mol. The van der Waals surface area contributed by atoms with Crippen molar-refractivity contribution < 1.29 is 4.79 Å². The van der Waals surface area contributed by atoms with Gasteiger partial charge in [0.15, 0.2) is 0 Å². The molecule has 1 amide bonds. The summed E-state index contributed by atoms with van der Waals surface area (Å²) in [5, 5.41) is 0. The van der Waals surface area contributed by atoms with Gasteiger partial charge in [0.2, 0.25) is 5.91 Å². The fourth-order valence-electron chi connectivity index (χ4n) is 3.71. The van der Waals surface area contributed by atoms with Gasteiger partial charge in [0.25, 0.3) is 0 Å². The van der Waals surface area contributed by atoms with Crippen molar-refractivity contribution >= 4 is 5.91 Å². The van der Waals surface area contributed by atoms with Gasteiger partial charge in [-0.05, 0) is 37.0 Å². The van der Waals surface area contributed by atoms with E-state index in [-0.39, 0.29) is 5.91 Å². The van der Waals surface area contributed by atoms with Crippen LogP contribution in [0.4, 0.5) is 0 Å². The lowest BCUT2D eigenvalue weighted by Crippen LogP contribution is -2.52. The van der Waals surface area contributed by atoms with Crippen molar-refractivity contribution in [1.82, 2.24) is 9.80 Å². The van der Waals surface area contributed by atoms with Crippen LogP contribution in [-0.2, 0) is 4.79 Å². The number of hydrogen-bond donors (Lipinski definition) is 0. The van der Waals surface area contributed by atoms with E-state index in [9.17, 15) is 4.79 Å². The molecule has 1 aliphatic carbocycles. The summed E-state index contributed by atoms with van der Waals surface area (Å²) >= 11 is 0. The molecule has 0 atom stereocenters. The van der Waals surface area contributed by atoms with Gasteiger partial charge >= 0.3 is 0 Å². The van der Waals surface area contributed by atoms with Crippen molar-refractivity contribution in [2.75, 3.05) is 26.2 Å². The SMILES string of the molecule is CC(=O)N1CCN(C2CCC(C(C)(C)C)CC2)CC1. The average molecular weight is 266 g/mol. The van der Waals surface area contributed by atoms with Crippen LogP contribution in [0.2, 0.25) is 0 Å². The minimum Gasteiger partial charge on any atom is -0.340 e. The van der Waals surface area contributed by atoms with Gasteiger partial charge in [0, 0.05) is 39.1 Å². The van der Waals surface area contributed by atoms with E-state index < -0.39 is 0 Å². The molecule has 3 nitrogen and oxygen atoms in total. The van der Waals surface area contributed by atoms with Crippen LogP contribution in [0.25, 0.3) is 0 Å². The lowest BCUT2D eigenvalue weighted by atomic mass is 9.71. The van der Waals surface area contributed by atoms with Crippen molar-refractivity contribution in [3.05, 3.63) is 0 Å². The van der Waals surface area contributed by atoms with Crippen molar-refractivity contribution in [3.63, 3.8) is 0 Å². The van der Waals surface area contributed by atoms with Crippen LogP contribution in [0, 0.1) is 11.3 Å². The molecule has 0 aromatic heterocycles. The van der Waals surface area contributed by atoms with E-state index in [2.05, 4.69) is 25.7 Å². The Hall–Kier alpha value is -0.570. The van der Waals surface area contributed by atoms with Crippen LogP contribution in [0.1, 0.15) is 53.4 Å². The molecule has 1 saturated carbocycles. The maximum atomic E-state index is 11.3. The summed E-state index contributed by atoms with van der Waals surface area (Å²) in [4.78, 5) is 15.9. The third-order valence-electron chi connectivity index (χ3n) is 5.20. The highest BCUT2D eigenvalue weighted by Gasteiger charge is 2.33. The maximum Gasteiger partial charge on any atom is 0.219 e. The normalized spacial score (nSPS) is 30.4. The number of nitrogens with zero attached hydrogens (tertiary/aromatic N) is 2. The van der Waals surface area contributed by atoms with Gasteiger partial charge in [-0.3, -0.25) is 9.69 Å². The topological polar surface area (TPSA) is 23.6 Å². The van der Waals surface area contributed by atoms with Crippen LogP contribution in [0.15, 0.2) is 0 Å². The minimum absolute atomic E-state index is 0.232. The zero-order valence-corrected chi connectivity index (χ0v) is 13.1. The number of amides is 1. The van der Waals surface area contributed by atoms with Crippen LogP contribution >= 0.6 is 0 Å². The summed E-state index contributed by atoms with van der Waals surface area (Å²) in [6.07, 6.45) is 5.45. The molecule has 0 aromatic carbocycles. The molecular formula is C16H30N2O. The van der Waals surface area contributed by atoms with Gasteiger partial charge in [-0.1, -0.05) is 20.8 Å². The van der Waals surface area contributed by atoms with Crippen LogP contribution < -0.4 is 0 Å². The van der Waals surface area contributed by atoms with E-state index in [1.54, 1.807) is 6.92 Å². The fourth-order valence-corrected chi connectivity index (χ4v) is 3.71. The Labute approximate surface area is 118 Å². The quantitative estimate of drug-likeness (QED) is 0.728. The van der Waals surface area contributed by atoms with E-state index in [1.807, 2.05) is 4.90 Å². The zero-order chi connectivity index (χ0) is 14.0. The highest BCUT2D eigenvalue weighted by molar-refractivity contribution is 5.73. The first kappa shape index (κ1) is 14.8. The lowest BCUT2D eigenvalue weighted by molar-refractivity contribution is -0.131. The van der Waals surface area contributed by atoms with Gasteiger partial charge in [0.1, 0.15) is 0 Å². The molecule has 0 bridgehead atoms. The second-order valence-corrected chi connectivity index (χ2v) is 7.41. The molecular weight excluding hydrogens is 236 g/mol. The highest BCUT2D eigenvalue weighted by atomic mass is 16.2. The van der Waals surface area contributed by atoms with E-state index in [1.165, 1.54) is 25.7 Å². The second kappa shape index (κ2) is 5.82. The zero-order valence-electron chi connectivity index (χ0n) is 13.1. The molecule has 1 heterocycles. The molecule has 1 aliphatic heterocycles. The number of piperazine rings is 1. The Morgan fingerprint density at radius 3 is 1.89 bits per heavy atom. The van der Waals surface area contributed by atoms with E-state index in [0.29, 0.717) is 5.41 Å². The smallest absolute Gasteiger partial charge is 0.219 e. The van der Waals surface area contributed by atoms with E-state index in [0.717, 1.165) is 38.1 Å². The summed E-state index contributed by atoms with van der Waals surface area (Å²) in [7, 11) is 0. The van der Waals surface area contributed by atoms with Gasteiger partial charge < -0.3 is 4.90 Å². The number of carbonyl (C=O) groups excluding carboxylic acids is 1. The van der Waals surface area contributed by atoms with E-state index in [4.69, 9.17) is 0 Å². The first-order valence-electron chi connectivity index (χ1n) is 7.87. The van der Waals surface area contributed by atoms with E-state index >= 15 is 0 Å². The van der Waals surface area contributed by atoms with Crippen molar-refractivity contribution in [3.8, 4) is 0 Å². The largest absolute Gasteiger partial charge is 0.340 e. The molecule has 19 heavy (non-hydrogen) atoms. The predicted octanol–water partition coefficient (Wildman–Crippen LogP) is 2.76. The Bertz CT molecular complexity index is 305. The van der Waals surface area contributed by atoms with Gasteiger partial charge in [0.05, 0.1) is 0 Å². The number of rotatable bonds is 1. The minimum atomic E-state index is 0.232. The maximum absolute atomic E-state index is 11.3. The molecule has 3 heteroatoms. The monoisotopic (exact) mass is 266 g/mol. The lowest BCUT2D eigenvalue weighted by Gasteiger charge is -2.44. The molecule has 0 aromatic rings. The van der Waals surface area contributed by atoms with Crippen molar-refractivity contribution in [1.29, 1.82) is 0 Å². The Balaban J connectivity index is 1.78. The summed E-state index contributed by atoms with van der Waals surface area (Å²) in [6, 6.07) is 0.771. The number of carbonyl (C=O) groups is 1. The number of hydrogen-bond acceptors (Lipinski definition) is 2. The first-order chi connectivity index (χ1) is 8.88. The molecule has 110 valence electrons. The van der Waals surface area contributed by atoms with Gasteiger partial charge in [-0.2, -0.15) is 0 Å². The molecule has 2 rings (SSSR count). The van der Waals surface area contributed by atoms with Crippen molar-refractivity contribution in [2.24, 2.45) is 11.3 Å². The summed E-state index contributed by atoms with van der Waals surface area (Å²) < 4.78 is 0. The second-order valence-electron chi connectivity index (χ2n) is 7.41. The molecule has 0 radical (unpaired) electrons. The van der Waals surface area contributed by atoms with Gasteiger partial charge in [-0.25, -0.2) is 0 Å². The summed E-state index contributed by atoms with van der Waals surface area (Å²) in [5.41, 5.74) is 0.471. The van der Waals surface area contributed by atoms with Crippen molar-refractivity contribution in [2.45, 2.75) is 59.4 Å². The standard InChI is InChI=1S/C16H30N2O/c1-13(19)17-9-11-18(12-10-17)15-7-5-14(6-8-15)16(2,3)4/h14-15H,5-12H2,1-4H3. The Kier molecular flexibility index (Phi) is 4.54. The highest BCUT2D eigenvalue weighted by Crippen LogP contribution is 2.39. The van der Waals surface area contributed by atoms with Crippen LogP contribution in [-0.4, -0.2) is 47.9 Å². The van der Waals surface area contributed by atoms with Crippen LogP contribution in [0.3, 0.4) is 0 Å². The molecule has 0 N–H and O–H groups in total. The third kappa shape index (κ3) is 3.71. The summed E-state index contributed by atoms with van der Waals surface area (Å²) in [5.74, 6) is 1.12. The molecule has 2 fully saturated rings. The van der Waals surface area contributed by atoms with Gasteiger partial charge in [-0.15, -0.1) is 0 Å². The third-order valence-corrected chi connectivity index (χ3v) is 5.20. The summed E-state index contributed by atoms with van der Waals surface area (Å²) in [6.45, 7) is 12.8. The first-order valence-corrected chi connectivity index (χ1v) is 7.87. The Morgan fingerprint density at radius 1 is 0.947 bits per heavy atom. The molecule has 2 aliphatic rings. The molecule has 1 saturated heterocycles. The average Bonchev–Trinajstić information content (AvgIpc) is 2.38.